The first-order valence-corrected chi connectivity index (χ1v) is 7.35. The summed E-state index contributed by atoms with van der Waals surface area (Å²) in [6.07, 6.45) is 0. The largest absolute Gasteiger partial charge is 0.309 e. The van der Waals surface area contributed by atoms with Crippen molar-refractivity contribution >= 4 is 22.6 Å². The summed E-state index contributed by atoms with van der Waals surface area (Å²) < 4.78 is 27.9. The zero-order valence-corrected chi connectivity index (χ0v) is 13.5. The molecule has 0 saturated carbocycles. The van der Waals surface area contributed by atoms with Gasteiger partial charge in [-0.2, -0.15) is 0 Å². The SMILES string of the molecule is Cc1nc2cc(F)cc(C(=O)N(C)c3ccccc3F)c2nc1C. The minimum atomic E-state index is -0.592. The lowest BCUT2D eigenvalue weighted by Gasteiger charge is -2.19. The van der Waals surface area contributed by atoms with Crippen LogP contribution in [-0.2, 0) is 0 Å². The summed E-state index contributed by atoms with van der Waals surface area (Å²) in [5.74, 6) is -1.68. The molecule has 0 N–H and O–H groups in total. The normalized spacial score (nSPS) is 10.9. The summed E-state index contributed by atoms with van der Waals surface area (Å²) >= 11 is 0. The first-order valence-electron chi connectivity index (χ1n) is 7.35. The van der Waals surface area contributed by atoms with E-state index in [4.69, 9.17) is 0 Å². The molecule has 2 aromatic carbocycles. The van der Waals surface area contributed by atoms with Gasteiger partial charge in [0.15, 0.2) is 0 Å². The Kier molecular flexibility index (Phi) is 3.97. The summed E-state index contributed by atoms with van der Waals surface area (Å²) in [4.78, 5) is 22.6. The smallest absolute Gasteiger partial charge is 0.260 e. The average molecular weight is 327 g/mol. The molecule has 3 rings (SSSR count). The first kappa shape index (κ1) is 16.0. The number of nitrogens with zero attached hydrogens (tertiary/aromatic N) is 3. The highest BCUT2D eigenvalue weighted by molar-refractivity contribution is 6.12. The maximum atomic E-state index is 13.9. The van der Waals surface area contributed by atoms with E-state index in [0.717, 1.165) is 11.0 Å². The molecule has 1 amide bonds. The van der Waals surface area contributed by atoms with Gasteiger partial charge in [-0.3, -0.25) is 4.79 Å². The Hall–Kier alpha value is -2.89. The predicted octanol–water partition coefficient (Wildman–Crippen LogP) is 3.80. The Labute approximate surface area is 137 Å². The molecule has 0 aliphatic rings. The van der Waals surface area contributed by atoms with Crippen molar-refractivity contribution < 1.29 is 13.6 Å². The number of anilines is 1. The van der Waals surface area contributed by atoms with E-state index in [-0.39, 0.29) is 11.3 Å². The van der Waals surface area contributed by atoms with Crippen molar-refractivity contribution in [1.82, 2.24) is 9.97 Å². The minimum absolute atomic E-state index is 0.0475. The Morgan fingerprint density at radius 2 is 1.71 bits per heavy atom. The second-order valence-electron chi connectivity index (χ2n) is 5.53. The molecule has 0 aliphatic heterocycles. The van der Waals surface area contributed by atoms with Crippen LogP contribution in [0.25, 0.3) is 11.0 Å². The van der Waals surface area contributed by atoms with Crippen LogP contribution in [0.4, 0.5) is 14.5 Å². The van der Waals surface area contributed by atoms with Crippen molar-refractivity contribution in [1.29, 1.82) is 0 Å². The third kappa shape index (κ3) is 2.71. The number of para-hydroxylation sites is 1. The van der Waals surface area contributed by atoms with Crippen molar-refractivity contribution in [2.24, 2.45) is 0 Å². The number of hydrogen-bond donors (Lipinski definition) is 0. The molecule has 0 bridgehead atoms. The quantitative estimate of drug-likeness (QED) is 0.719. The first-order chi connectivity index (χ1) is 11.4. The van der Waals surface area contributed by atoms with Crippen LogP contribution in [0, 0.1) is 25.5 Å². The zero-order chi connectivity index (χ0) is 17.4. The fourth-order valence-electron chi connectivity index (χ4n) is 2.47. The van der Waals surface area contributed by atoms with Crippen LogP contribution < -0.4 is 4.90 Å². The van der Waals surface area contributed by atoms with Gasteiger partial charge >= 0.3 is 0 Å². The summed E-state index contributed by atoms with van der Waals surface area (Å²) in [6.45, 7) is 3.53. The van der Waals surface area contributed by atoms with E-state index >= 15 is 0 Å². The number of amides is 1. The molecule has 3 aromatic rings. The number of aryl methyl sites for hydroxylation is 2. The molecule has 0 unspecified atom stereocenters. The van der Waals surface area contributed by atoms with E-state index in [1.165, 1.54) is 31.3 Å². The Morgan fingerprint density at radius 3 is 2.42 bits per heavy atom. The topological polar surface area (TPSA) is 46.1 Å². The number of halogens is 2. The average Bonchev–Trinajstić information content (AvgIpc) is 2.55. The lowest BCUT2D eigenvalue weighted by molar-refractivity contribution is 0.0993. The van der Waals surface area contributed by atoms with Gasteiger partial charge in [0.2, 0.25) is 0 Å². The molecule has 0 atom stereocenters. The molecule has 0 saturated heterocycles. The third-order valence-corrected chi connectivity index (χ3v) is 3.89. The summed E-state index contributed by atoms with van der Waals surface area (Å²) in [5, 5.41) is 0. The van der Waals surface area contributed by atoms with E-state index < -0.39 is 17.5 Å². The van der Waals surface area contributed by atoms with Crippen LogP contribution >= 0.6 is 0 Å². The molecule has 0 radical (unpaired) electrons. The van der Waals surface area contributed by atoms with E-state index in [1.54, 1.807) is 19.9 Å². The van der Waals surface area contributed by atoms with Gasteiger partial charge < -0.3 is 4.90 Å². The number of rotatable bonds is 2. The van der Waals surface area contributed by atoms with Gasteiger partial charge in [0.25, 0.3) is 5.91 Å². The third-order valence-electron chi connectivity index (χ3n) is 3.89. The number of benzene rings is 2. The Bertz CT molecular complexity index is 956. The number of aromatic nitrogens is 2. The molecule has 24 heavy (non-hydrogen) atoms. The second-order valence-corrected chi connectivity index (χ2v) is 5.53. The maximum absolute atomic E-state index is 13.9. The van der Waals surface area contributed by atoms with Crippen molar-refractivity contribution in [2.45, 2.75) is 13.8 Å². The van der Waals surface area contributed by atoms with Gasteiger partial charge in [-0.1, -0.05) is 12.1 Å². The molecular formula is C18H15F2N3O. The molecule has 0 aliphatic carbocycles. The molecule has 0 spiro atoms. The van der Waals surface area contributed by atoms with Crippen LogP contribution in [0.1, 0.15) is 21.7 Å². The predicted molar refractivity (Wildman–Crippen MR) is 88.1 cm³/mol. The van der Waals surface area contributed by atoms with E-state index in [0.29, 0.717) is 22.4 Å². The molecule has 1 heterocycles. The molecule has 4 nitrogen and oxygen atoms in total. The van der Waals surface area contributed by atoms with Crippen LogP contribution in [0.2, 0.25) is 0 Å². The van der Waals surface area contributed by atoms with E-state index in [9.17, 15) is 13.6 Å². The van der Waals surface area contributed by atoms with Gasteiger partial charge in [0.1, 0.15) is 17.2 Å². The highest BCUT2D eigenvalue weighted by Gasteiger charge is 2.21. The molecule has 122 valence electrons. The summed E-state index contributed by atoms with van der Waals surface area (Å²) in [7, 11) is 1.44. The number of carbonyl (C=O) groups is 1. The Balaban J connectivity index is 2.16. The zero-order valence-electron chi connectivity index (χ0n) is 13.5. The fourth-order valence-corrected chi connectivity index (χ4v) is 2.47. The van der Waals surface area contributed by atoms with Crippen LogP contribution in [-0.4, -0.2) is 22.9 Å². The Morgan fingerprint density at radius 1 is 1.04 bits per heavy atom. The van der Waals surface area contributed by atoms with Gasteiger partial charge in [-0.05, 0) is 32.0 Å². The lowest BCUT2D eigenvalue weighted by Crippen LogP contribution is -2.27. The van der Waals surface area contributed by atoms with Crippen LogP contribution in [0.15, 0.2) is 36.4 Å². The summed E-state index contributed by atoms with van der Waals surface area (Å²) in [5.41, 5.74) is 2.06. The second kappa shape index (κ2) is 5.96. The molecular weight excluding hydrogens is 312 g/mol. The van der Waals surface area contributed by atoms with Crippen LogP contribution in [0.5, 0.6) is 0 Å². The van der Waals surface area contributed by atoms with Gasteiger partial charge in [-0.25, -0.2) is 18.7 Å². The van der Waals surface area contributed by atoms with Crippen molar-refractivity contribution in [3.05, 3.63) is 65.0 Å². The number of fused-ring (bicyclic) bond motifs is 1. The standard InChI is InChI=1S/C18H15F2N3O/c1-10-11(2)22-17-13(8-12(19)9-15(17)21-10)18(24)23(3)16-7-5-4-6-14(16)20/h4-9H,1-3H3. The minimum Gasteiger partial charge on any atom is -0.309 e. The van der Waals surface area contributed by atoms with E-state index in [2.05, 4.69) is 9.97 Å². The molecule has 0 fully saturated rings. The summed E-state index contributed by atoms with van der Waals surface area (Å²) in [6, 6.07) is 8.23. The van der Waals surface area contributed by atoms with Gasteiger partial charge in [-0.15, -0.1) is 0 Å². The van der Waals surface area contributed by atoms with Crippen molar-refractivity contribution in [3.63, 3.8) is 0 Å². The van der Waals surface area contributed by atoms with Crippen molar-refractivity contribution in [3.8, 4) is 0 Å². The number of carbonyl (C=O) groups excluding carboxylic acids is 1. The van der Waals surface area contributed by atoms with Crippen molar-refractivity contribution in [2.75, 3.05) is 11.9 Å². The monoisotopic (exact) mass is 327 g/mol. The highest BCUT2D eigenvalue weighted by Crippen LogP contribution is 2.24. The van der Waals surface area contributed by atoms with Crippen LogP contribution in [0.3, 0.4) is 0 Å². The van der Waals surface area contributed by atoms with E-state index in [1.807, 2.05) is 0 Å². The molecule has 1 aromatic heterocycles. The molecule has 6 heteroatoms. The maximum Gasteiger partial charge on any atom is 0.260 e. The lowest BCUT2D eigenvalue weighted by atomic mass is 10.1. The number of hydrogen-bond acceptors (Lipinski definition) is 3. The highest BCUT2D eigenvalue weighted by atomic mass is 19.1. The van der Waals surface area contributed by atoms with Gasteiger partial charge in [0.05, 0.1) is 28.2 Å². The van der Waals surface area contributed by atoms with Gasteiger partial charge in [0, 0.05) is 13.1 Å². The fraction of sp³-hybridized carbons (Fsp3) is 0.167.